The van der Waals surface area contributed by atoms with E-state index in [0.29, 0.717) is 0 Å². The number of anilines is 1. The summed E-state index contributed by atoms with van der Waals surface area (Å²) in [5.41, 5.74) is 11.6. The maximum Gasteiger partial charge on any atom is 0.0706 e. The standard InChI is InChI=1S/C16H17N3/c1-11-3-4-13(7-12(11)2)10-19-16-8-15(17)6-5-14(16)9-18-19/h3-9H,10,17H2,1-2H3. The Balaban J connectivity index is 2.00. The van der Waals surface area contributed by atoms with Crippen molar-refractivity contribution in [3.05, 3.63) is 59.3 Å². The van der Waals surface area contributed by atoms with Crippen molar-refractivity contribution < 1.29 is 0 Å². The third kappa shape index (κ3) is 2.19. The first-order valence-electron chi connectivity index (χ1n) is 6.41. The number of aromatic nitrogens is 2. The molecule has 19 heavy (non-hydrogen) atoms. The number of fused-ring (bicyclic) bond motifs is 1. The van der Waals surface area contributed by atoms with Crippen molar-refractivity contribution in [2.45, 2.75) is 20.4 Å². The van der Waals surface area contributed by atoms with Crippen LogP contribution < -0.4 is 5.73 Å². The van der Waals surface area contributed by atoms with Crippen molar-refractivity contribution in [1.82, 2.24) is 9.78 Å². The van der Waals surface area contributed by atoms with Crippen molar-refractivity contribution in [1.29, 1.82) is 0 Å². The first kappa shape index (κ1) is 11.8. The lowest BCUT2D eigenvalue weighted by molar-refractivity contribution is 0.711. The molecular formula is C16H17N3. The van der Waals surface area contributed by atoms with Gasteiger partial charge in [0.15, 0.2) is 0 Å². The molecule has 0 amide bonds. The smallest absolute Gasteiger partial charge is 0.0706 e. The van der Waals surface area contributed by atoms with E-state index in [0.717, 1.165) is 23.1 Å². The van der Waals surface area contributed by atoms with E-state index in [2.05, 4.69) is 37.1 Å². The molecule has 1 heterocycles. The molecule has 0 bridgehead atoms. The summed E-state index contributed by atoms with van der Waals surface area (Å²) in [6, 6.07) is 12.4. The minimum atomic E-state index is 0.772. The number of benzene rings is 2. The molecular weight excluding hydrogens is 234 g/mol. The number of nitrogens with zero attached hydrogens (tertiary/aromatic N) is 2. The summed E-state index contributed by atoms with van der Waals surface area (Å²) >= 11 is 0. The van der Waals surface area contributed by atoms with E-state index in [1.165, 1.54) is 16.7 Å². The van der Waals surface area contributed by atoms with E-state index in [1.807, 2.05) is 29.1 Å². The summed E-state index contributed by atoms with van der Waals surface area (Å²) in [6.45, 7) is 5.04. The lowest BCUT2D eigenvalue weighted by Crippen LogP contribution is -2.02. The highest BCUT2D eigenvalue weighted by molar-refractivity contribution is 5.81. The summed E-state index contributed by atoms with van der Waals surface area (Å²) in [5, 5.41) is 5.57. The number of hydrogen-bond acceptors (Lipinski definition) is 2. The van der Waals surface area contributed by atoms with E-state index in [4.69, 9.17) is 5.73 Å². The zero-order valence-corrected chi connectivity index (χ0v) is 11.2. The van der Waals surface area contributed by atoms with Gasteiger partial charge >= 0.3 is 0 Å². The van der Waals surface area contributed by atoms with Gasteiger partial charge in [0.05, 0.1) is 18.3 Å². The fourth-order valence-corrected chi connectivity index (χ4v) is 2.29. The Labute approximate surface area is 112 Å². The summed E-state index contributed by atoms with van der Waals surface area (Å²) in [7, 11) is 0. The van der Waals surface area contributed by atoms with Crippen LogP contribution in [0.5, 0.6) is 0 Å². The molecule has 96 valence electrons. The second-order valence-corrected chi connectivity index (χ2v) is 5.04. The van der Waals surface area contributed by atoms with E-state index in [9.17, 15) is 0 Å². The molecule has 3 aromatic rings. The van der Waals surface area contributed by atoms with E-state index in [1.54, 1.807) is 0 Å². The highest BCUT2D eigenvalue weighted by Gasteiger charge is 2.04. The molecule has 0 aliphatic carbocycles. The molecule has 0 saturated carbocycles. The second-order valence-electron chi connectivity index (χ2n) is 5.04. The molecule has 3 heteroatoms. The van der Waals surface area contributed by atoms with Crippen LogP contribution in [0.2, 0.25) is 0 Å². The van der Waals surface area contributed by atoms with E-state index in [-0.39, 0.29) is 0 Å². The Hall–Kier alpha value is -2.29. The van der Waals surface area contributed by atoms with Crippen molar-refractivity contribution in [3.63, 3.8) is 0 Å². The van der Waals surface area contributed by atoms with Crippen LogP contribution in [0, 0.1) is 13.8 Å². The van der Waals surface area contributed by atoms with Crippen LogP contribution in [0.4, 0.5) is 5.69 Å². The summed E-state index contributed by atoms with van der Waals surface area (Å²) in [4.78, 5) is 0. The fourth-order valence-electron chi connectivity index (χ4n) is 2.29. The molecule has 0 unspecified atom stereocenters. The van der Waals surface area contributed by atoms with Gasteiger partial charge in [0.2, 0.25) is 0 Å². The zero-order chi connectivity index (χ0) is 13.4. The third-order valence-electron chi connectivity index (χ3n) is 3.57. The largest absolute Gasteiger partial charge is 0.399 e. The number of nitrogen functional groups attached to an aromatic ring is 1. The third-order valence-corrected chi connectivity index (χ3v) is 3.57. The van der Waals surface area contributed by atoms with Crippen molar-refractivity contribution >= 4 is 16.6 Å². The van der Waals surface area contributed by atoms with Crippen LogP contribution in [-0.2, 0) is 6.54 Å². The minimum Gasteiger partial charge on any atom is -0.399 e. The number of nitrogens with two attached hydrogens (primary N) is 1. The van der Waals surface area contributed by atoms with Gasteiger partial charge in [-0.05, 0) is 48.7 Å². The Morgan fingerprint density at radius 2 is 1.89 bits per heavy atom. The maximum absolute atomic E-state index is 5.85. The average molecular weight is 251 g/mol. The van der Waals surface area contributed by atoms with Crippen LogP contribution >= 0.6 is 0 Å². The van der Waals surface area contributed by atoms with Crippen molar-refractivity contribution in [3.8, 4) is 0 Å². The summed E-state index contributed by atoms with van der Waals surface area (Å²) < 4.78 is 2.00. The summed E-state index contributed by atoms with van der Waals surface area (Å²) in [5.74, 6) is 0. The van der Waals surface area contributed by atoms with Crippen LogP contribution in [-0.4, -0.2) is 9.78 Å². The second kappa shape index (κ2) is 4.43. The molecule has 2 N–H and O–H groups in total. The van der Waals surface area contributed by atoms with Gasteiger partial charge in [-0.3, -0.25) is 4.68 Å². The van der Waals surface area contributed by atoms with Gasteiger partial charge < -0.3 is 5.73 Å². The number of hydrogen-bond donors (Lipinski definition) is 1. The summed E-state index contributed by atoms with van der Waals surface area (Å²) in [6.07, 6.45) is 1.88. The quantitative estimate of drug-likeness (QED) is 0.710. The fraction of sp³-hybridized carbons (Fsp3) is 0.188. The number of rotatable bonds is 2. The van der Waals surface area contributed by atoms with E-state index >= 15 is 0 Å². The zero-order valence-electron chi connectivity index (χ0n) is 11.2. The van der Waals surface area contributed by atoms with E-state index < -0.39 is 0 Å². The van der Waals surface area contributed by atoms with Crippen LogP contribution in [0.1, 0.15) is 16.7 Å². The molecule has 0 aliphatic heterocycles. The Morgan fingerprint density at radius 1 is 1.05 bits per heavy atom. The van der Waals surface area contributed by atoms with Gasteiger partial charge in [0.25, 0.3) is 0 Å². The maximum atomic E-state index is 5.85. The van der Waals surface area contributed by atoms with Gasteiger partial charge in [-0.1, -0.05) is 18.2 Å². The van der Waals surface area contributed by atoms with Crippen molar-refractivity contribution in [2.75, 3.05) is 5.73 Å². The van der Waals surface area contributed by atoms with Crippen LogP contribution in [0.3, 0.4) is 0 Å². The Morgan fingerprint density at radius 3 is 2.68 bits per heavy atom. The number of aryl methyl sites for hydroxylation is 2. The van der Waals surface area contributed by atoms with Crippen LogP contribution in [0.15, 0.2) is 42.6 Å². The molecule has 0 radical (unpaired) electrons. The predicted molar refractivity (Wildman–Crippen MR) is 79.2 cm³/mol. The lowest BCUT2D eigenvalue weighted by Gasteiger charge is -2.07. The highest BCUT2D eigenvalue weighted by Crippen LogP contribution is 2.19. The Bertz CT molecular complexity index is 741. The topological polar surface area (TPSA) is 43.8 Å². The molecule has 2 aromatic carbocycles. The molecule has 0 saturated heterocycles. The van der Waals surface area contributed by atoms with Crippen molar-refractivity contribution in [2.24, 2.45) is 0 Å². The van der Waals surface area contributed by atoms with Gasteiger partial charge in [0, 0.05) is 11.1 Å². The monoisotopic (exact) mass is 251 g/mol. The molecule has 0 fully saturated rings. The molecule has 0 aliphatic rings. The molecule has 0 atom stereocenters. The lowest BCUT2D eigenvalue weighted by atomic mass is 10.1. The first-order chi connectivity index (χ1) is 9.13. The van der Waals surface area contributed by atoms with Gasteiger partial charge in [-0.25, -0.2) is 0 Å². The molecule has 1 aromatic heterocycles. The van der Waals surface area contributed by atoms with Crippen LogP contribution in [0.25, 0.3) is 10.9 Å². The molecule has 3 nitrogen and oxygen atoms in total. The molecule has 3 rings (SSSR count). The average Bonchev–Trinajstić information content (AvgIpc) is 2.77. The van der Waals surface area contributed by atoms with Gasteiger partial charge in [-0.15, -0.1) is 0 Å². The Kier molecular flexibility index (Phi) is 2.75. The van der Waals surface area contributed by atoms with Gasteiger partial charge in [0.1, 0.15) is 0 Å². The highest BCUT2D eigenvalue weighted by atomic mass is 15.3. The van der Waals surface area contributed by atoms with Gasteiger partial charge in [-0.2, -0.15) is 5.10 Å². The minimum absolute atomic E-state index is 0.772. The normalized spacial score (nSPS) is 11.1. The first-order valence-corrected chi connectivity index (χ1v) is 6.41. The SMILES string of the molecule is Cc1ccc(Cn2ncc3ccc(N)cc32)cc1C. The predicted octanol–water partition coefficient (Wildman–Crippen LogP) is 3.28. The molecule has 0 spiro atoms.